The molecule has 0 aromatic heterocycles. The number of hydrogen-bond donors (Lipinski definition) is 0. The molecule has 0 bridgehead atoms. The first-order valence-electron chi connectivity index (χ1n) is 5.33. The zero-order chi connectivity index (χ0) is 10.1. The van der Waals surface area contributed by atoms with E-state index >= 15 is 0 Å². The van der Waals surface area contributed by atoms with Crippen molar-refractivity contribution in [3.8, 4) is 0 Å². The Morgan fingerprint density at radius 2 is 1.77 bits per heavy atom. The van der Waals surface area contributed by atoms with Gasteiger partial charge >= 0.3 is 0 Å². The van der Waals surface area contributed by atoms with Gasteiger partial charge in [-0.1, -0.05) is 32.9 Å². The van der Waals surface area contributed by atoms with E-state index in [2.05, 4.69) is 39.3 Å². The molecule has 1 aliphatic heterocycles. The second-order valence-electron chi connectivity index (χ2n) is 5.04. The normalized spacial score (nSPS) is 23.5. The smallest absolute Gasteiger partial charge is 0.00135 e. The van der Waals surface area contributed by atoms with E-state index in [1.54, 1.807) is 0 Å². The maximum Gasteiger partial charge on any atom is -0.00135 e. The Kier molecular flexibility index (Phi) is 3.18. The van der Waals surface area contributed by atoms with Gasteiger partial charge in [-0.15, -0.1) is 0 Å². The molecule has 0 atom stereocenters. The number of hydrogen-bond acceptors (Lipinski definition) is 1. The van der Waals surface area contributed by atoms with Gasteiger partial charge in [-0.3, -0.25) is 0 Å². The Morgan fingerprint density at radius 1 is 1.31 bits per heavy atom. The maximum atomic E-state index is 4.26. The van der Waals surface area contributed by atoms with Gasteiger partial charge in [0.1, 0.15) is 0 Å². The number of allylic oxidation sites excluding steroid dienone is 1. The topological polar surface area (TPSA) is 3.24 Å². The minimum Gasteiger partial charge on any atom is -0.306 e. The van der Waals surface area contributed by atoms with Gasteiger partial charge in [0, 0.05) is 0 Å². The van der Waals surface area contributed by atoms with Crippen molar-refractivity contribution in [2.24, 2.45) is 11.3 Å². The summed E-state index contributed by atoms with van der Waals surface area (Å²) < 4.78 is 0. The summed E-state index contributed by atoms with van der Waals surface area (Å²) in [6.07, 6.45) is 2.56. The van der Waals surface area contributed by atoms with Crippen molar-refractivity contribution < 1.29 is 0 Å². The summed E-state index contributed by atoms with van der Waals surface area (Å²) in [4.78, 5) is 2.41. The molecule has 1 heteroatoms. The Bertz CT molecular complexity index is 185. The summed E-state index contributed by atoms with van der Waals surface area (Å²) in [7, 11) is 2.21. The number of nitrogens with zero attached hydrogens (tertiary/aromatic N) is 1. The summed E-state index contributed by atoms with van der Waals surface area (Å²) in [6, 6.07) is 0. The summed E-state index contributed by atoms with van der Waals surface area (Å²) in [5.41, 5.74) is 1.85. The third kappa shape index (κ3) is 2.34. The van der Waals surface area contributed by atoms with E-state index in [-0.39, 0.29) is 0 Å². The Labute approximate surface area is 82.8 Å². The average molecular weight is 181 g/mol. The van der Waals surface area contributed by atoms with Crippen LogP contribution >= 0.6 is 0 Å². The molecule has 0 amide bonds. The van der Waals surface area contributed by atoms with E-state index < -0.39 is 0 Å². The summed E-state index contributed by atoms with van der Waals surface area (Å²) >= 11 is 0. The van der Waals surface area contributed by atoms with Gasteiger partial charge < -0.3 is 4.90 Å². The third-order valence-corrected chi connectivity index (χ3v) is 3.56. The van der Waals surface area contributed by atoms with Crippen LogP contribution in [-0.4, -0.2) is 25.0 Å². The van der Waals surface area contributed by atoms with Crippen LogP contribution in [0.3, 0.4) is 0 Å². The van der Waals surface area contributed by atoms with Gasteiger partial charge in [-0.05, 0) is 44.3 Å². The fourth-order valence-corrected chi connectivity index (χ4v) is 2.13. The zero-order valence-corrected chi connectivity index (χ0v) is 9.56. The van der Waals surface area contributed by atoms with Gasteiger partial charge in [0.25, 0.3) is 0 Å². The average Bonchev–Trinajstić information content (AvgIpc) is 2.09. The zero-order valence-electron chi connectivity index (χ0n) is 9.56. The Hall–Kier alpha value is -0.300. The highest BCUT2D eigenvalue weighted by atomic mass is 15.1. The van der Waals surface area contributed by atoms with Gasteiger partial charge in [-0.2, -0.15) is 0 Å². The molecule has 0 N–H and O–H groups in total. The predicted molar refractivity (Wildman–Crippen MR) is 58.8 cm³/mol. The van der Waals surface area contributed by atoms with E-state index in [9.17, 15) is 0 Å². The molecule has 0 aromatic carbocycles. The molecule has 0 unspecified atom stereocenters. The van der Waals surface area contributed by atoms with Crippen LogP contribution in [0.1, 0.15) is 33.6 Å². The van der Waals surface area contributed by atoms with Crippen molar-refractivity contribution in [1.82, 2.24) is 4.90 Å². The van der Waals surface area contributed by atoms with E-state index in [0.717, 1.165) is 0 Å². The highest BCUT2D eigenvalue weighted by Crippen LogP contribution is 2.40. The van der Waals surface area contributed by atoms with E-state index in [1.165, 1.54) is 31.5 Å². The molecule has 0 aliphatic carbocycles. The van der Waals surface area contributed by atoms with Crippen LogP contribution < -0.4 is 0 Å². The van der Waals surface area contributed by atoms with Gasteiger partial charge in [0.15, 0.2) is 0 Å². The quantitative estimate of drug-likeness (QED) is 0.592. The molecular formula is C12H23N. The van der Waals surface area contributed by atoms with Crippen LogP contribution in [0.5, 0.6) is 0 Å². The molecule has 1 nitrogen and oxygen atoms in total. The molecule has 0 saturated carbocycles. The SMILES string of the molecule is C=C(C(C)C)C1(C)CCN(C)CC1. The molecule has 1 heterocycles. The number of likely N-dealkylation sites (tertiary alicyclic amines) is 1. The van der Waals surface area contributed by atoms with E-state index in [1.807, 2.05) is 0 Å². The highest BCUT2D eigenvalue weighted by Gasteiger charge is 2.32. The molecular weight excluding hydrogens is 158 g/mol. The molecule has 13 heavy (non-hydrogen) atoms. The van der Waals surface area contributed by atoms with Crippen LogP contribution in [0.4, 0.5) is 0 Å². The summed E-state index contributed by atoms with van der Waals surface area (Å²) in [5, 5.41) is 0. The molecule has 0 spiro atoms. The number of rotatable bonds is 2. The molecule has 1 rings (SSSR count). The fourth-order valence-electron chi connectivity index (χ4n) is 2.13. The van der Waals surface area contributed by atoms with Crippen molar-refractivity contribution in [2.75, 3.05) is 20.1 Å². The monoisotopic (exact) mass is 181 g/mol. The van der Waals surface area contributed by atoms with Crippen molar-refractivity contribution >= 4 is 0 Å². The van der Waals surface area contributed by atoms with E-state index in [4.69, 9.17) is 0 Å². The Balaban J connectivity index is 2.61. The van der Waals surface area contributed by atoms with Gasteiger partial charge in [0.2, 0.25) is 0 Å². The van der Waals surface area contributed by atoms with Crippen molar-refractivity contribution in [1.29, 1.82) is 0 Å². The molecule has 1 aliphatic rings. The largest absolute Gasteiger partial charge is 0.306 e. The van der Waals surface area contributed by atoms with Crippen LogP contribution in [0.2, 0.25) is 0 Å². The molecule has 0 radical (unpaired) electrons. The van der Waals surface area contributed by atoms with Crippen LogP contribution in [-0.2, 0) is 0 Å². The lowest BCUT2D eigenvalue weighted by Gasteiger charge is -2.40. The first kappa shape index (κ1) is 10.8. The Morgan fingerprint density at radius 3 is 2.15 bits per heavy atom. The number of piperidine rings is 1. The second kappa shape index (κ2) is 3.83. The molecule has 76 valence electrons. The maximum absolute atomic E-state index is 4.26. The third-order valence-electron chi connectivity index (χ3n) is 3.56. The van der Waals surface area contributed by atoms with Gasteiger partial charge in [0.05, 0.1) is 0 Å². The van der Waals surface area contributed by atoms with Crippen molar-refractivity contribution in [3.63, 3.8) is 0 Å². The second-order valence-corrected chi connectivity index (χ2v) is 5.04. The summed E-state index contributed by atoms with van der Waals surface area (Å²) in [6.45, 7) is 13.6. The lowest BCUT2D eigenvalue weighted by atomic mass is 9.71. The van der Waals surface area contributed by atoms with Crippen LogP contribution in [0, 0.1) is 11.3 Å². The highest BCUT2D eigenvalue weighted by molar-refractivity contribution is 5.12. The fraction of sp³-hybridized carbons (Fsp3) is 0.833. The van der Waals surface area contributed by atoms with Crippen LogP contribution in [0.15, 0.2) is 12.2 Å². The first-order chi connectivity index (χ1) is 5.96. The van der Waals surface area contributed by atoms with Crippen molar-refractivity contribution in [2.45, 2.75) is 33.6 Å². The lowest BCUT2D eigenvalue weighted by molar-refractivity contribution is 0.162. The summed E-state index contributed by atoms with van der Waals surface area (Å²) in [5.74, 6) is 0.633. The minimum absolute atomic E-state index is 0.403. The lowest BCUT2D eigenvalue weighted by Crippen LogP contribution is -2.38. The minimum atomic E-state index is 0.403. The van der Waals surface area contributed by atoms with Gasteiger partial charge in [-0.25, -0.2) is 0 Å². The first-order valence-corrected chi connectivity index (χ1v) is 5.33. The molecule has 1 saturated heterocycles. The van der Waals surface area contributed by atoms with Crippen LogP contribution in [0.25, 0.3) is 0 Å². The standard InChI is InChI=1S/C12H23N/c1-10(2)11(3)12(4)6-8-13(5)9-7-12/h10H,3,6-9H2,1-2,4-5H3. The molecule has 0 aromatic rings. The van der Waals surface area contributed by atoms with Crippen molar-refractivity contribution in [3.05, 3.63) is 12.2 Å². The van der Waals surface area contributed by atoms with E-state index in [0.29, 0.717) is 11.3 Å². The molecule has 1 fully saturated rings. The predicted octanol–water partition coefficient (Wildman–Crippen LogP) is 2.93.